The smallest absolute Gasteiger partial charge is 0.257 e. The SMILES string of the molecule is COc1cccc(Nc2ncccc2C(=O)N2CCN(Cc3ccc(F)cc3)CCCN(C(C)=O)c3ccccc3C2)c1. The lowest BCUT2D eigenvalue weighted by atomic mass is 10.1. The Morgan fingerprint density at radius 3 is 2.53 bits per heavy atom. The molecule has 2 amide bonds. The Labute approximate surface area is 251 Å². The van der Waals surface area contributed by atoms with Crippen molar-refractivity contribution in [3.63, 3.8) is 0 Å². The number of hydrogen-bond donors (Lipinski definition) is 1. The molecule has 5 rings (SSSR count). The minimum Gasteiger partial charge on any atom is -0.497 e. The van der Waals surface area contributed by atoms with Gasteiger partial charge in [-0.2, -0.15) is 0 Å². The van der Waals surface area contributed by atoms with Gasteiger partial charge in [0.15, 0.2) is 0 Å². The predicted octanol–water partition coefficient (Wildman–Crippen LogP) is 5.87. The Morgan fingerprint density at radius 2 is 1.74 bits per heavy atom. The van der Waals surface area contributed by atoms with E-state index in [-0.39, 0.29) is 17.6 Å². The van der Waals surface area contributed by atoms with Gasteiger partial charge >= 0.3 is 0 Å². The first kappa shape index (κ1) is 29.7. The largest absolute Gasteiger partial charge is 0.497 e. The summed E-state index contributed by atoms with van der Waals surface area (Å²) in [5.74, 6) is 0.628. The molecule has 0 unspecified atom stereocenters. The van der Waals surface area contributed by atoms with Crippen LogP contribution in [0, 0.1) is 5.82 Å². The number of carbonyl (C=O) groups excluding carboxylic acids is 2. The third-order valence-electron chi connectivity index (χ3n) is 7.54. The monoisotopic (exact) mass is 581 g/mol. The number of carbonyl (C=O) groups is 2. The van der Waals surface area contributed by atoms with Gasteiger partial charge in [-0.1, -0.05) is 36.4 Å². The zero-order chi connectivity index (χ0) is 30.2. The lowest BCUT2D eigenvalue weighted by Crippen LogP contribution is -2.38. The number of halogens is 1. The average Bonchev–Trinajstić information content (AvgIpc) is 3.05. The number of amides is 2. The van der Waals surface area contributed by atoms with Gasteiger partial charge < -0.3 is 19.9 Å². The van der Waals surface area contributed by atoms with E-state index in [0.717, 1.165) is 28.9 Å². The second kappa shape index (κ2) is 13.9. The lowest BCUT2D eigenvalue weighted by molar-refractivity contribution is -0.116. The summed E-state index contributed by atoms with van der Waals surface area (Å²) in [7, 11) is 1.61. The topological polar surface area (TPSA) is 78.0 Å². The number of para-hydroxylation sites is 1. The highest BCUT2D eigenvalue weighted by Gasteiger charge is 2.25. The van der Waals surface area contributed by atoms with Crippen molar-refractivity contribution in [3.05, 3.63) is 114 Å². The number of methoxy groups -OCH3 is 1. The van der Waals surface area contributed by atoms with Crippen LogP contribution in [0.1, 0.15) is 34.8 Å². The number of nitrogens with zero attached hydrogens (tertiary/aromatic N) is 4. The van der Waals surface area contributed by atoms with Crippen LogP contribution in [0.25, 0.3) is 0 Å². The molecule has 1 N–H and O–H groups in total. The molecule has 43 heavy (non-hydrogen) atoms. The fourth-order valence-corrected chi connectivity index (χ4v) is 5.33. The molecule has 0 fully saturated rings. The van der Waals surface area contributed by atoms with Gasteiger partial charge in [-0.25, -0.2) is 9.37 Å². The molecule has 0 saturated heterocycles. The Bertz CT molecular complexity index is 1560. The highest BCUT2D eigenvalue weighted by Crippen LogP contribution is 2.27. The normalized spacial score (nSPS) is 14.4. The van der Waals surface area contributed by atoms with Crippen LogP contribution in [0.3, 0.4) is 0 Å². The Morgan fingerprint density at radius 1 is 0.930 bits per heavy atom. The second-order valence-electron chi connectivity index (χ2n) is 10.5. The molecule has 0 radical (unpaired) electrons. The third-order valence-corrected chi connectivity index (χ3v) is 7.54. The van der Waals surface area contributed by atoms with E-state index in [4.69, 9.17) is 4.74 Å². The fourth-order valence-electron chi connectivity index (χ4n) is 5.33. The van der Waals surface area contributed by atoms with Crippen molar-refractivity contribution in [1.82, 2.24) is 14.8 Å². The molecule has 0 atom stereocenters. The quantitative estimate of drug-likeness (QED) is 0.307. The molecular formula is C34H36FN5O3. The van der Waals surface area contributed by atoms with Gasteiger partial charge in [0.05, 0.1) is 12.7 Å². The summed E-state index contributed by atoms with van der Waals surface area (Å²) in [5.41, 5.74) is 3.87. The van der Waals surface area contributed by atoms with E-state index in [1.165, 1.54) is 12.1 Å². The maximum atomic E-state index is 14.3. The van der Waals surface area contributed by atoms with Crippen molar-refractivity contribution in [2.45, 2.75) is 26.4 Å². The molecule has 222 valence electrons. The van der Waals surface area contributed by atoms with Crippen LogP contribution in [0.4, 0.5) is 21.6 Å². The summed E-state index contributed by atoms with van der Waals surface area (Å²) in [6.45, 7) is 4.80. The van der Waals surface area contributed by atoms with Crippen LogP contribution in [0.2, 0.25) is 0 Å². The number of fused-ring (bicyclic) bond motifs is 1. The van der Waals surface area contributed by atoms with E-state index < -0.39 is 0 Å². The van der Waals surface area contributed by atoms with E-state index in [2.05, 4.69) is 15.2 Å². The van der Waals surface area contributed by atoms with Crippen molar-refractivity contribution in [2.24, 2.45) is 0 Å². The lowest BCUT2D eigenvalue weighted by Gasteiger charge is -2.28. The first-order chi connectivity index (χ1) is 20.9. The number of rotatable bonds is 6. The van der Waals surface area contributed by atoms with Crippen LogP contribution >= 0.6 is 0 Å². The number of anilines is 3. The fraction of sp³-hybridized carbons (Fsp3) is 0.265. The molecule has 3 aromatic carbocycles. The van der Waals surface area contributed by atoms with Crippen molar-refractivity contribution >= 4 is 29.0 Å². The zero-order valence-corrected chi connectivity index (χ0v) is 24.5. The Balaban J connectivity index is 1.47. The molecule has 2 heterocycles. The molecular weight excluding hydrogens is 545 g/mol. The van der Waals surface area contributed by atoms with Crippen molar-refractivity contribution in [3.8, 4) is 5.75 Å². The molecule has 0 spiro atoms. The number of nitrogens with one attached hydrogen (secondary N) is 1. The number of pyridine rings is 1. The molecule has 9 heteroatoms. The Kier molecular flexibility index (Phi) is 9.63. The van der Waals surface area contributed by atoms with Gasteiger partial charge in [-0.15, -0.1) is 0 Å². The van der Waals surface area contributed by atoms with Gasteiger partial charge in [0, 0.05) is 69.8 Å². The van der Waals surface area contributed by atoms with Gasteiger partial charge in [-0.3, -0.25) is 14.5 Å². The number of benzene rings is 3. The first-order valence-corrected chi connectivity index (χ1v) is 14.4. The van der Waals surface area contributed by atoms with E-state index in [0.29, 0.717) is 56.4 Å². The van der Waals surface area contributed by atoms with Crippen LogP contribution in [-0.4, -0.2) is 59.9 Å². The van der Waals surface area contributed by atoms with Gasteiger partial charge in [-0.05, 0) is 60.0 Å². The molecule has 0 bridgehead atoms. The van der Waals surface area contributed by atoms with Crippen molar-refractivity contribution in [1.29, 1.82) is 0 Å². The third kappa shape index (κ3) is 7.55. The van der Waals surface area contributed by atoms with E-state index >= 15 is 0 Å². The zero-order valence-electron chi connectivity index (χ0n) is 24.5. The van der Waals surface area contributed by atoms with E-state index in [1.807, 2.05) is 53.4 Å². The highest BCUT2D eigenvalue weighted by atomic mass is 19.1. The van der Waals surface area contributed by atoms with Crippen molar-refractivity contribution < 1.29 is 18.7 Å². The molecule has 4 aromatic rings. The van der Waals surface area contributed by atoms with Crippen LogP contribution in [0.5, 0.6) is 5.75 Å². The minimum absolute atomic E-state index is 0.0494. The molecule has 0 aliphatic carbocycles. The standard InChI is InChI=1S/C34H36FN5O3/c1-25(41)40-19-7-18-38(23-26-13-15-28(35)16-14-26)20-21-39(24-27-8-3-4-12-32(27)40)34(42)31-11-6-17-36-33(31)37-29-9-5-10-30(22-29)43-2/h3-6,8-17,22H,7,18-21,23-24H2,1-2H3,(H,36,37). The maximum absolute atomic E-state index is 14.3. The number of ether oxygens (including phenoxy) is 1. The molecule has 8 nitrogen and oxygen atoms in total. The predicted molar refractivity (Wildman–Crippen MR) is 166 cm³/mol. The molecule has 1 aliphatic rings. The van der Waals surface area contributed by atoms with E-state index in [9.17, 15) is 14.0 Å². The highest BCUT2D eigenvalue weighted by molar-refractivity contribution is 5.99. The summed E-state index contributed by atoms with van der Waals surface area (Å²) in [5, 5.41) is 3.28. The summed E-state index contributed by atoms with van der Waals surface area (Å²) >= 11 is 0. The second-order valence-corrected chi connectivity index (χ2v) is 10.5. The van der Waals surface area contributed by atoms with Gasteiger partial charge in [0.25, 0.3) is 5.91 Å². The molecule has 1 aromatic heterocycles. The summed E-state index contributed by atoms with van der Waals surface area (Å²) in [6.07, 6.45) is 2.40. The van der Waals surface area contributed by atoms with Crippen molar-refractivity contribution in [2.75, 3.05) is 43.5 Å². The minimum atomic E-state index is -0.275. The summed E-state index contributed by atoms with van der Waals surface area (Å²) < 4.78 is 18.9. The molecule has 1 aliphatic heterocycles. The number of hydrogen-bond acceptors (Lipinski definition) is 6. The van der Waals surface area contributed by atoms with E-state index in [1.54, 1.807) is 49.4 Å². The average molecular weight is 582 g/mol. The van der Waals surface area contributed by atoms with Gasteiger partial charge in [0.2, 0.25) is 5.91 Å². The maximum Gasteiger partial charge on any atom is 0.257 e. The van der Waals surface area contributed by atoms with Crippen LogP contribution < -0.4 is 15.0 Å². The van der Waals surface area contributed by atoms with Crippen LogP contribution in [-0.2, 0) is 17.9 Å². The van der Waals surface area contributed by atoms with Gasteiger partial charge in [0.1, 0.15) is 17.4 Å². The Hall–Kier alpha value is -4.76. The first-order valence-electron chi connectivity index (χ1n) is 14.4. The summed E-state index contributed by atoms with van der Waals surface area (Å²) in [6, 6.07) is 25.2. The number of aromatic nitrogens is 1. The molecule has 0 saturated carbocycles. The van der Waals surface area contributed by atoms with Crippen LogP contribution in [0.15, 0.2) is 91.1 Å². The summed E-state index contributed by atoms with van der Waals surface area (Å²) in [4.78, 5) is 37.4.